The number of rotatable bonds is 4. The maximum Gasteiger partial charge on any atom is 0.359 e. The number of nitrogens with one attached hydrogen (secondary N) is 1. The van der Waals surface area contributed by atoms with Gasteiger partial charge in [0.15, 0.2) is 0 Å². The van der Waals surface area contributed by atoms with E-state index in [0.717, 1.165) is 5.56 Å². The quantitative estimate of drug-likeness (QED) is 0.866. The van der Waals surface area contributed by atoms with Gasteiger partial charge in [-0.3, -0.25) is 0 Å². The van der Waals surface area contributed by atoms with Crippen LogP contribution >= 0.6 is 0 Å². The van der Waals surface area contributed by atoms with Gasteiger partial charge in [-0.25, -0.2) is 9.89 Å². The predicted molar refractivity (Wildman–Crippen MR) is 63.9 cm³/mol. The number of aromatic amines is 1. The van der Waals surface area contributed by atoms with Crippen molar-refractivity contribution < 1.29 is 14.6 Å². The van der Waals surface area contributed by atoms with Crippen LogP contribution in [0.1, 0.15) is 35.8 Å². The molecular weight excluding hydrogens is 234 g/mol. The smallest absolute Gasteiger partial charge is 0.359 e. The average Bonchev–Trinajstić information content (AvgIpc) is 2.77. The Morgan fingerprint density at radius 2 is 2.22 bits per heavy atom. The second-order valence-corrected chi connectivity index (χ2v) is 4.13. The van der Waals surface area contributed by atoms with E-state index < -0.39 is 5.97 Å². The first-order chi connectivity index (χ1) is 8.58. The Hall–Kier alpha value is -2.37. The van der Waals surface area contributed by atoms with Gasteiger partial charge in [0.25, 0.3) is 5.88 Å². The number of carboxylic acids is 1. The van der Waals surface area contributed by atoms with Crippen LogP contribution < -0.4 is 4.74 Å². The molecule has 0 aliphatic rings. The van der Waals surface area contributed by atoms with Gasteiger partial charge >= 0.3 is 5.97 Å². The summed E-state index contributed by atoms with van der Waals surface area (Å²) in [5.41, 5.74) is 0.942. The Balaban J connectivity index is 2.26. The summed E-state index contributed by atoms with van der Waals surface area (Å²) < 4.78 is 5.42. The molecule has 1 aromatic carbocycles. The van der Waals surface area contributed by atoms with Crippen molar-refractivity contribution in [1.82, 2.24) is 15.4 Å². The zero-order chi connectivity index (χ0) is 13.1. The first kappa shape index (κ1) is 12.1. The Bertz CT molecular complexity index is 563. The minimum Gasteiger partial charge on any atom is -0.476 e. The van der Waals surface area contributed by atoms with Gasteiger partial charge in [0, 0.05) is 0 Å². The van der Waals surface area contributed by atoms with Crippen molar-refractivity contribution in [3.05, 3.63) is 35.5 Å². The highest BCUT2D eigenvalue weighted by Gasteiger charge is 2.16. The molecule has 1 aromatic heterocycles. The summed E-state index contributed by atoms with van der Waals surface area (Å²) in [5.74, 6) is -0.291. The van der Waals surface area contributed by atoms with Crippen molar-refractivity contribution in [2.45, 2.75) is 19.8 Å². The van der Waals surface area contributed by atoms with E-state index in [1.807, 2.05) is 18.2 Å². The lowest BCUT2D eigenvalue weighted by atomic mass is 10.0. The molecule has 6 heteroatoms. The number of benzene rings is 1. The van der Waals surface area contributed by atoms with Crippen LogP contribution in [0.2, 0.25) is 0 Å². The van der Waals surface area contributed by atoms with Gasteiger partial charge in [-0.2, -0.15) is 0 Å². The van der Waals surface area contributed by atoms with Crippen molar-refractivity contribution in [1.29, 1.82) is 0 Å². The van der Waals surface area contributed by atoms with Gasteiger partial charge < -0.3 is 9.84 Å². The first-order valence-corrected chi connectivity index (χ1v) is 5.50. The fourth-order valence-electron chi connectivity index (χ4n) is 1.48. The number of aromatic carboxylic acids is 1. The van der Waals surface area contributed by atoms with Crippen LogP contribution in [0.15, 0.2) is 24.3 Å². The fraction of sp³-hybridized carbons (Fsp3) is 0.250. The number of carbonyl (C=O) groups is 1. The minimum absolute atomic E-state index is 0.0385. The molecule has 0 amide bonds. The Labute approximate surface area is 104 Å². The third-order valence-corrected chi connectivity index (χ3v) is 2.47. The van der Waals surface area contributed by atoms with E-state index in [1.165, 1.54) is 0 Å². The normalized spacial score (nSPS) is 10.6. The van der Waals surface area contributed by atoms with Crippen LogP contribution in [0.25, 0.3) is 0 Å². The summed E-state index contributed by atoms with van der Waals surface area (Å²) in [6, 6.07) is 7.43. The van der Waals surface area contributed by atoms with E-state index in [0.29, 0.717) is 11.7 Å². The Morgan fingerprint density at radius 1 is 1.44 bits per heavy atom. The van der Waals surface area contributed by atoms with Gasteiger partial charge in [0.1, 0.15) is 5.75 Å². The molecule has 0 unspecified atom stereocenters. The van der Waals surface area contributed by atoms with Crippen LogP contribution in [0.4, 0.5) is 0 Å². The third-order valence-electron chi connectivity index (χ3n) is 2.47. The maximum absolute atomic E-state index is 10.9. The molecule has 0 fully saturated rings. The molecule has 0 radical (unpaired) electrons. The van der Waals surface area contributed by atoms with Crippen molar-refractivity contribution in [3.63, 3.8) is 0 Å². The summed E-state index contributed by atoms with van der Waals surface area (Å²) in [7, 11) is 0. The fourth-order valence-corrected chi connectivity index (χ4v) is 1.48. The first-order valence-electron chi connectivity index (χ1n) is 5.50. The SMILES string of the molecule is CC(C)c1cccc(Oc2nn[nH]c2C(=O)O)c1. The van der Waals surface area contributed by atoms with Gasteiger partial charge in [0.05, 0.1) is 0 Å². The number of hydrogen-bond donors (Lipinski definition) is 2. The van der Waals surface area contributed by atoms with Crippen LogP contribution in [0, 0.1) is 0 Å². The second-order valence-electron chi connectivity index (χ2n) is 4.13. The molecule has 6 nitrogen and oxygen atoms in total. The van der Waals surface area contributed by atoms with Gasteiger partial charge in [-0.1, -0.05) is 36.3 Å². The summed E-state index contributed by atoms with van der Waals surface area (Å²) in [6.07, 6.45) is 0. The lowest BCUT2D eigenvalue weighted by molar-refractivity contribution is 0.0687. The number of carboxylic acid groups (broad SMARTS) is 1. The molecule has 18 heavy (non-hydrogen) atoms. The van der Waals surface area contributed by atoms with Crippen LogP contribution in [0.3, 0.4) is 0 Å². The predicted octanol–water partition coefficient (Wildman–Crippen LogP) is 2.42. The van der Waals surface area contributed by atoms with E-state index in [1.54, 1.807) is 6.07 Å². The molecule has 0 saturated heterocycles. The van der Waals surface area contributed by atoms with Crippen LogP contribution in [-0.2, 0) is 0 Å². The zero-order valence-electron chi connectivity index (χ0n) is 10.0. The Morgan fingerprint density at radius 3 is 2.89 bits per heavy atom. The maximum atomic E-state index is 10.9. The average molecular weight is 247 g/mol. The zero-order valence-corrected chi connectivity index (χ0v) is 10.0. The van der Waals surface area contributed by atoms with Crippen LogP contribution in [-0.4, -0.2) is 26.5 Å². The highest BCUT2D eigenvalue weighted by Crippen LogP contribution is 2.25. The molecule has 0 saturated carbocycles. The van der Waals surface area contributed by atoms with E-state index in [9.17, 15) is 4.79 Å². The molecule has 1 heterocycles. The molecule has 0 atom stereocenters. The van der Waals surface area contributed by atoms with E-state index in [-0.39, 0.29) is 11.6 Å². The molecule has 2 N–H and O–H groups in total. The number of hydrogen-bond acceptors (Lipinski definition) is 4. The highest BCUT2D eigenvalue weighted by atomic mass is 16.5. The summed E-state index contributed by atoms with van der Waals surface area (Å²) >= 11 is 0. The monoisotopic (exact) mass is 247 g/mol. The summed E-state index contributed by atoms with van der Waals surface area (Å²) in [5, 5.41) is 18.2. The van der Waals surface area contributed by atoms with Crippen molar-refractivity contribution in [2.75, 3.05) is 0 Å². The minimum atomic E-state index is -1.16. The van der Waals surface area contributed by atoms with Crippen molar-refractivity contribution in [2.24, 2.45) is 0 Å². The summed E-state index contributed by atoms with van der Waals surface area (Å²) in [4.78, 5) is 10.9. The molecule has 2 rings (SSSR count). The molecule has 0 spiro atoms. The van der Waals surface area contributed by atoms with E-state index >= 15 is 0 Å². The van der Waals surface area contributed by atoms with E-state index in [2.05, 4.69) is 29.3 Å². The second kappa shape index (κ2) is 4.87. The number of nitrogens with zero attached hydrogens (tertiary/aromatic N) is 2. The van der Waals surface area contributed by atoms with Crippen molar-refractivity contribution >= 4 is 5.97 Å². The Kier molecular flexibility index (Phi) is 3.27. The molecule has 0 aliphatic heterocycles. The lowest BCUT2D eigenvalue weighted by Gasteiger charge is -2.08. The van der Waals surface area contributed by atoms with Crippen LogP contribution in [0.5, 0.6) is 11.6 Å². The van der Waals surface area contributed by atoms with Crippen molar-refractivity contribution in [3.8, 4) is 11.6 Å². The lowest BCUT2D eigenvalue weighted by Crippen LogP contribution is -2.00. The number of ether oxygens (including phenoxy) is 1. The van der Waals surface area contributed by atoms with E-state index in [4.69, 9.17) is 9.84 Å². The largest absolute Gasteiger partial charge is 0.476 e. The summed E-state index contributed by atoms with van der Waals surface area (Å²) in [6.45, 7) is 4.13. The highest BCUT2D eigenvalue weighted by molar-refractivity contribution is 5.87. The standard InChI is InChI=1S/C12H13N3O3/c1-7(2)8-4-3-5-9(6-8)18-11-10(12(16)17)13-15-14-11/h3-7H,1-2H3,(H,16,17)(H,13,14,15). The molecular formula is C12H13N3O3. The third kappa shape index (κ3) is 2.48. The molecule has 94 valence electrons. The topological polar surface area (TPSA) is 88.1 Å². The number of H-pyrrole nitrogens is 1. The number of aromatic nitrogens is 3. The molecule has 0 aliphatic carbocycles. The molecule has 2 aromatic rings. The van der Waals surface area contributed by atoms with Gasteiger partial charge in [-0.05, 0) is 23.6 Å². The molecule has 0 bridgehead atoms. The van der Waals surface area contributed by atoms with Gasteiger partial charge in [0.2, 0.25) is 5.69 Å². The van der Waals surface area contributed by atoms with Gasteiger partial charge in [-0.15, -0.1) is 0 Å².